The van der Waals surface area contributed by atoms with Crippen LogP contribution in [-0.4, -0.2) is 11.1 Å². The van der Waals surface area contributed by atoms with Crippen LogP contribution in [0.2, 0.25) is 0 Å². The third kappa shape index (κ3) is 2.28. The molecule has 0 fully saturated rings. The highest BCUT2D eigenvalue weighted by molar-refractivity contribution is 9.10. The van der Waals surface area contributed by atoms with E-state index >= 15 is 0 Å². The van der Waals surface area contributed by atoms with E-state index in [9.17, 15) is 4.79 Å². The fourth-order valence-corrected chi connectivity index (χ4v) is 3.13. The van der Waals surface area contributed by atoms with Crippen molar-refractivity contribution < 1.29 is 9.90 Å². The number of carboxylic acid groups (broad SMARTS) is 1. The van der Waals surface area contributed by atoms with E-state index in [-0.39, 0.29) is 0 Å². The summed E-state index contributed by atoms with van der Waals surface area (Å²) in [6.07, 6.45) is 0. The fraction of sp³-hybridized carbons (Fsp3) is 0.154. The van der Waals surface area contributed by atoms with E-state index in [0.29, 0.717) is 4.88 Å². The van der Waals surface area contributed by atoms with Crippen LogP contribution in [0.3, 0.4) is 0 Å². The average molecular weight is 311 g/mol. The summed E-state index contributed by atoms with van der Waals surface area (Å²) >= 11 is 4.81. The first-order valence-electron chi connectivity index (χ1n) is 5.10. The van der Waals surface area contributed by atoms with Gasteiger partial charge < -0.3 is 5.11 Å². The molecule has 0 radical (unpaired) electrons. The normalized spacial score (nSPS) is 10.5. The number of carbonyl (C=O) groups is 1. The topological polar surface area (TPSA) is 37.3 Å². The van der Waals surface area contributed by atoms with Crippen molar-refractivity contribution in [3.63, 3.8) is 0 Å². The minimum atomic E-state index is -0.869. The Morgan fingerprint density at radius 3 is 2.53 bits per heavy atom. The summed E-state index contributed by atoms with van der Waals surface area (Å²) in [5.74, 6) is -0.869. The molecule has 2 aromatic rings. The maximum absolute atomic E-state index is 10.9. The molecule has 0 amide bonds. The van der Waals surface area contributed by atoms with E-state index in [2.05, 4.69) is 15.9 Å². The van der Waals surface area contributed by atoms with Crippen molar-refractivity contribution in [3.05, 3.63) is 44.7 Å². The average Bonchev–Trinajstić information content (AvgIpc) is 2.73. The number of aryl methyl sites for hydroxylation is 1. The fourth-order valence-electron chi connectivity index (χ4n) is 1.79. The van der Waals surface area contributed by atoms with Gasteiger partial charge in [-0.1, -0.05) is 22.0 Å². The van der Waals surface area contributed by atoms with Gasteiger partial charge in [0.15, 0.2) is 0 Å². The van der Waals surface area contributed by atoms with E-state index in [1.165, 1.54) is 11.3 Å². The highest BCUT2D eigenvalue weighted by Gasteiger charge is 2.13. The van der Waals surface area contributed by atoms with Crippen LogP contribution in [0.1, 0.15) is 20.8 Å². The maximum atomic E-state index is 10.9. The number of carboxylic acids is 1. The molecule has 0 aliphatic rings. The number of rotatable bonds is 2. The summed E-state index contributed by atoms with van der Waals surface area (Å²) in [6.45, 7) is 4.07. The van der Waals surface area contributed by atoms with Crippen molar-refractivity contribution in [3.8, 4) is 10.4 Å². The van der Waals surface area contributed by atoms with Gasteiger partial charge in [-0.2, -0.15) is 0 Å². The molecule has 0 saturated heterocycles. The molecule has 0 aliphatic heterocycles. The molecular weight excluding hydrogens is 300 g/mol. The van der Waals surface area contributed by atoms with Crippen molar-refractivity contribution in [1.82, 2.24) is 0 Å². The predicted octanol–water partition coefficient (Wildman–Crippen LogP) is 4.49. The predicted molar refractivity (Wildman–Crippen MR) is 73.9 cm³/mol. The maximum Gasteiger partial charge on any atom is 0.345 e. The SMILES string of the molecule is Cc1ccc(Br)c(C)c1-c1ccc(C(=O)O)s1. The van der Waals surface area contributed by atoms with Crippen LogP contribution in [-0.2, 0) is 0 Å². The zero-order chi connectivity index (χ0) is 12.6. The molecule has 1 heterocycles. The molecule has 2 nitrogen and oxygen atoms in total. The van der Waals surface area contributed by atoms with E-state index in [1.54, 1.807) is 6.07 Å². The van der Waals surface area contributed by atoms with Crippen LogP contribution in [0.4, 0.5) is 0 Å². The molecule has 0 unspecified atom stereocenters. The van der Waals surface area contributed by atoms with Crippen LogP contribution < -0.4 is 0 Å². The lowest BCUT2D eigenvalue weighted by Gasteiger charge is -2.09. The second-order valence-electron chi connectivity index (χ2n) is 3.83. The van der Waals surface area contributed by atoms with E-state index in [4.69, 9.17) is 5.11 Å². The number of benzene rings is 1. The van der Waals surface area contributed by atoms with Crippen LogP contribution >= 0.6 is 27.3 Å². The van der Waals surface area contributed by atoms with Gasteiger partial charge in [-0.05, 0) is 48.7 Å². The van der Waals surface area contributed by atoms with Crippen molar-refractivity contribution in [2.75, 3.05) is 0 Å². The summed E-state index contributed by atoms with van der Waals surface area (Å²) in [5, 5.41) is 8.94. The van der Waals surface area contributed by atoms with Crippen molar-refractivity contribution in [1.29, 1.82) is 0 Å². The molecule has 0 atom stereocenters. The van der Waals surface area contributed by atoms with Gasteiger partial charge in [0.2, 0.25) is 0 Å². The minimum Gasteiger partial charge on any atom is -0.477 e. The van der Waals surface area contributed by atoms with Gasteiger partial charge >= 0.3 is 5.97 Å². The summed E-state index contributed by atoms with van der Waals surface area (Å²) in [6, 6.07) is 7.57. The largest absolute Gasteiger partial charge is 0.477 e. The monoisotopic (exact) mass is 310 g/mol. The first kappa shape index (κ1) is 12.3. The lowest BCUT2D eigenvalue weighted by molar-refractivity contribution is 0.0702. The highest BCUT2D eigenvalue weighted by Crippen LogP contribution is 2.36. The third-order valence-electron chi connectivity index (χ3n) is 2.67. The standard InChI is InChI=1S/C13H11BrO2S/c1-7-3-4-9(14)8(2)12(7)10-5-6-11(17-10)13(15)16/h3-6H,1-2H3,(H,15,16). The molecule has 1 aromatic heterocycles. The first-order chi connectivity index (χ1) is 8.00. The summed E-state index contributed by atoms with van der Waals surface area (Å²) in [7, 11) is 0. The first-order valence-corrected chi connectivity index (χ1v) is 6.71. The van der Waals surface area contributed by atoms with Gasteiger partial charge in [0.25, 0.3) is 0 Å². The van der Waals surface area contributed by atoms with Crippen LogP contribution in [0.5, 0.6) is 0 Å². The van der Waals surface area contributed by atoms with Gasteiger partial charge in [-0.15, -0.1) is 11.3 Å². The number of hydrogen-bond donors (Lipinski definition) is 1. The van der Waals surface area contributed by atoms with Crippen LogP contribution in [0.25, 0.3) is 10.4 Å². The molecule has 0 bridgehead atoms. The Hall–Kier alpha value is -1.13. The molecule has 4 heteroatoms. The Labute approximate surface area is 112 Å². The zero-order valence-electron chi connectivity index (χ0n) is 9.45. The molecule has 88 valence electrons. The van der Waals surface area contributed by atoms with Crippen molar-refractivity contribution in [2.24, 2.45) is 0 Å². The van der Waals surface area contributed by atoms with Crippen molar-refractivity contribution in [2.45, 2.75) is 13.8 Å². The molecule has 2 rings (SSSR count). The van der Waals surface area contributed by atoms with E-state index < -0.39 is 5.97 Å². The second-order valence-corrected chi connectivity index (χ2v) is 5.77. The summed E-state index contributed by atoms with van der Waals surface area (Å²) in [5.41, 5.74) is 3.42. The molecule has 1 N–H and O–H groups in total. The van der Waals surface area contributed by atoms with Crippen LogP contribution in [0.15, 0.2) is 28.7 Å². The van der Waals surface area contributed by atoms with E-state index in [1.807, 2.05) is 32.0 Å². The Morgan fingerprint density at radius 2 is 1.94 bits per heavy atom. The van der Waals surface area contributed by atoms with E-state index in [0.717, 1.165) is 26.0 Å². The summed E-state index contributed by atoms with van der Waals surface area (Å²) in [4.78, 5) is 12.3. The lowest BCUT2D eigenvalue weighted by atomic mass is 10.0. The minimum absolute atomic E-state index is 0.374. The molecule has 0 saturated carbocycles. The van der Waals surface area contributed by atoms with Gasteiger partial charge in [-0.25, -0.2) is 4.79 Å². The Kier molecular flexibility index (Phi) is 3.35. The molecule has 1 aromatic carbocycles. The second kappa shape index (κ2) is 4.63. The lowest BCUT2D eigenvalue weighted by Crippen LogP contribution is -1.90. The number of aromatic carboxylic acids is 1. The smallest absolute Gasteiger partial charge is 0.345 e. The number of thiophene rings is 1. The summed E-state index contributed by atoms with van der Waals surface area (Å²) < 4.78 is 1.04. The Morgan fingerprint density at radius 1 is 1.24 bits per heavy atom. The van der Waals surface area contributed by atoms with Gasteiger partial charge in [0, 0.05) is 9.35 Å². The van der Waals surface area contributed by atoms with Crippen molar-refractivity contribution >= 4 is 33.2 Å². The Bertz CT molecular complexity index is 587. The number of hydrogen-bond acceptors (Lipinski definition) is 2. The zero-order valence-corrected chi connectivity index (χ0v) is 11.9. The molecule has 0 spiro atoms. The van der Waals surface area contributed by atoms with Gasteiger partial charge in [0.1, 0.15) is 4.88 Å². The Balaban J connectivity index is 2.60. The van der Waals surface area contributed by atoms with Gasteiger partial charge in [0.05, 0.1) is 0 Å². The third-order valence-corrected chi connectivity index (χ3v) is 4.62. The van der Waals surface area contributed by atoms with Gasteiger partial charge in [-0.3, -0.25) is 0 Å². The quantitative estimate of drug-likeness (QED) is 0.887. The highest BCUT2D eigenvalue weighted by atomic mass is 79.9. The molecule has 17 heavy (non-hydrogen) atoms. The van der Waals surface area contributed by atoms with Crippen LogP contribution in [0, 0.1) is 13.8 Å². The molecule has 0 aliphatic carbocycles. The number of halogens is 1. The molecular formula is C13H11BrO2S.